The first-order chi connectivity index (χ1) is 9.54. The predicted molar refractivity (Wildman–Crippen MR) is 89.7 cm³/mol. The Morgan fingerprint density at radius 1 is 1.43 bits per heavy atom. The molecule has 0 aromatic carbocycles. The number of hydrogen-bond donors (Lipinski definition) is 1. The molecule has 1 saturated heterocycles. The van der Waals surface area contributed by atoms with Crippen LogP contribution in [-0.4, -0.2) is 45.2 Å². The molecule has 118 valence electrons. The highest BCUT2D eigenvalue weighted by Crippen LogP contribution is 2.25. The Labute approximate surface area is 136 Å². The molecular formula is C14H24ClN5S. The summed E-state index contributed by atoms with van der Waals surface area (Å²) < 4.78 is 2.06. The molecule has 0 bridgehead atoms. The van der Waals surface area contributed by atoms with Gasteiger partial charge in [-0.1, -0.05) is 25.2 Å². The molecule has 1 fully saturated rings. The van der Waals surface area contributed by atoms with Crippen LogP contribution in [-0.2, 0) is 6.54 Å². The van der Waals surface area contributed by atoms with Crippen LogP contribution in [0.2, 0.25) is 0 Å². The molecule has 1 aliphatic rings. The summed E-state index contributed by atoms with van der Waals surface area (Å²) in [6, 6.07) is 0.562. The van der Waals surface area contributed by atoms with Crippen molar-refractivity contribution in [1.29, 1.82) is 0 Å². The Hall–Kier alpha value is -0.690. The van der Waals surface area contributed by atoms with Crippen molar-refractivity contribution in [3.8, 4) is 0 Å². The van der Waals surface area contributed by atoms with Crippen molar-refractivity contribution in [3.05, 3.63) is 16.4 Å². The molecular weight excluding hydrogens is 306 g/mol. The molecule has 2 aromatic heterocycles. The lowest BCUT2D eigenvalue weighted by Gasteiger charge is -2.31. The van der Waals surface area contributed by atoms with E-state index in [1.165, 1.54) is 11.4 Å². The van der Waals surface area contributed by atoms with E-state index in [0.717, 1.165) is 36.1 Å². The van der Waals surface area contributed by atoms with Gasteiger partial charge >= 0.3 is 0 Å². The number of aromatic nitrogens is 3. The quantitative estimate of drug-likeness (QED) is 0.939. The molecule has 2 aromatic rings. The first-order valence-electron chi connectivity index (χ1n) is 7.35. The molecule has 3 rings (SSSR count). The van der Waals surface area contributed by atoms with E-state index in [1.807, 2.05) is 6.92 Å². The molecule has 1 atom stereocenters. The number of piperazine rings is 1. The minimum absolute atomic E-state index is 0. The van der Waals surface area contributed by atoms with Crippen molar-refractivity contribution >= 4 is 28.7 Å². The Balaban J connectivity index is 0.00000161. The van der Waals surface area contributed by atoms with Gasteiger partial charge in [0, 0.05) is 32.2 Å². The maximum atomic E-state index is 4.79. The fourth-order valence-corrected chi connectivity index (χ4v) is 3.65. The molecule has 0 unspecified atom stereocenters. The molecule has 0 spiro atoms. The van der Waals surface area contributed by atoms with Gasteiger partial charge in [-0.05, 0) is 19.8 Å². The van der Waals surface area contributed by atoms with Crippen LogP contribution in [0.3, 0.4) is 0 Å². The maximum Gasteiger partial charge on any atom is 0.212 e. The van der Waals surface area contributed by atoms with Gasteiger partial charge in [0.2, 0.25) is 4.96 Å². The summed E-state index contributed by atoms with van der Waals surface area (Å²) in [4.78, 5) is 8.33. The van der Waals surface area contributed by atoms with Crippen LogP contribution in [0.5, 0.6) is 0 Å². The average molecular weight is 330 g/mol. The van der Waals surface area contributed by atoms with Crippen LogP contribution in [0.1, 0.15) is 43.1 Å². The fraction of sp³-hybridized carbons (Fsp3) is 0.714. The van der Waals surface area contributed by atoms with Crippen LogP contribution in [0.4, 0.5) is 0 Å². The second-order valence-electron chi connectivity index (χ2n) is 6.00. The summed E-state index contributed by atoms with van der Waals surface area (Å²) >= 11 is 1.68. The Morgan fingerprint density at radius 3 is 2.86 bits per heavy atom. The molecule has 5 nitrogen and oxygen atoms in total. The third kappa shape index (κ3) is 3.39. The zero-order valence-corrected chi connectivity index (χ0v) is 14.7. The lowest BCUT2D eigenvalue weighted by Crippen LogP contribution is -2.48. The van der Waals surface area contributed by atoms with Gasteiger partial charge in [-0.3, -0.25) is 4.90 Å². The third-order valence-electron chi connectivity index (χ3n) is 3.80. The van der Waals surface area contributed by atoms with E-state index < -0.39 is 0 Å². The molecule has 0 aliphatic carbocycles. The van der Waals surface area contributed by atoms with E-state index in [-0.39, 0.29) is 12.4 Å². The highest BCUT2D eigenvalue weighted by Gasteiger charge is 2.22. The predicted octanol–water partition coefficient (Wildman–Crippen LogP) is 2.44. The van der Waals surface area contributed by atoms with E-state index in [4.69, 9.17) is 4.98 Å². The van der Waals surface area contributed by atoms with Crippen LogP contribution in [0.15, 0.2) is 0 Å². The summed E-state index contributed by atoms with van der Waals surface area (Å²) in [5.74, 6) is 0.444. The largest absolute Gasteiger partial charge is 0.312 e. The van der Waals surface area contributed by atoms with Crippen molar-refractivity contribution in [1.82, 2.24) is 24.8 Å². The number of halogens is 1. The number of imidazole rings is 1. The summed E-state index contributed by atoms with van der Waals surface area (Å²) in [6.07, 6.45) is 0. The molecule has 21 heavy (non-hydrogen) atoms. The molecule has 0 radical (unpaired) electrons. The Morgan fingerprint density at radius 2 is 2.19 bits per heavy atom. The van der Waals surface area contributed by atoms with Crippen LogP contribution in [0, 0.1) is 6.92 Å². The number of rotatable bonds is 3. The van der Waals surface area contributed by atoms with Crippen LogP contribution in [0.25, 0.3) is 4.96 Å². The Bertz CT molecular complexity index is 606. The molecule has 1 aliphatic heterocycles. The van der Waals surface area contributed by atoms with Gasteiger partial charge in [0.1, 0.15) is 5.01 Å². The fourth-order valence-electron chi connectivity index (χ4n) is 2.88. The summed E-state index contributed by atoms with van der Waals surface area (Å²) in [5, 5.41) is 9.20. The lowest BCUT2D eigenvalue weighted by molar-refractivity contribution is 0.196. The topological polar surface area (TPSA) is 45.5 Å². The monoisotopic (exact) mass is 329 g/mol. The van der Waals surface area contributed by atoms with Gasteiger partial charge in [0.05, 0.1) is 11.4 Å². The molecule has 0 saturated carbocycles. The molecule has 0 amide bonds. The highest BCUT2D eigenvalue weighted by atomic mass is 35.5. The number of fused-ring (bicyclic) bond motifs is 1. The van der Waals surface area contributed by atoms with Crippen molar-refractivity contribution in [3.63, 3.8) is 0 Å². The molecule has 3 heterocycles. The average Bonchev–Trinajstić information content (AvgIpc) is 2.87. The Kier molecular flexibility index (Phi) is 5.24. The van der Waals surface area contributed by atoms with Crippen molar-refractivity contribution in [2.75, 3.05) is 19.6 Å². The van der Waals surface area contributed by atoms with Gasteiger partial charge < -0.3 is 5.32 Å². The smallest absolute Gasteiger partial charge is 0.212 e. The lowest BCUT2D eigenvalue weighted by atomic mass is 10.1. The van der Waals surface area contributed by atoms with Crippen molar-refractivity contribution < 1.29 is 0 Å². The molecule has 7 heteroatoms. The first kappa shape index (κ1) is 16.7. The standard InChI is InChI=1S/C14H23N5S.ClH/c1-9(2)13-12(8-18-6-5-15-10(3)7-18)19-14(16-13)20-11(4)17-19;/h9-10,15H,5-8H2,1-4H3;1H/t10-;/m1./s1. The minimum atomic E-state index is 0. The normalized spacial score (nSPS) is 20.1. The van der Waals surface area contributed by atoms with Gasteiger partial charge in [-0.25, -0.2) is 9.50 Å². The van der Waals surface area contributed by atoms with Gasteiger partial charge in [-0.15, -0.1) is 12.4 Å². The van der Waals surface area contributed by atoms with Gasteiger partial charge in [0.15, 0.2) is 0 Å². The third-order valence-corrected chi connectivity index (χ3v) is 4.63. The second-order valence-corrected chi connectivity index (χ2v) is 7.16. The van der Waals surface area contributed by atoms with Gasteiger partial charge in [0.25, 0.3) is 0 Å². The zero-order valence-electron chi connectivity index (χ0n) is 13.1. The van der Waals surface area contributed by atoms with E-state index in [9.17, 15) is 0 Å². The zero-order chi connectivity index (χ0) is 14.3. The van der Waals surface area contributed by atoms with Crippen molar-refractivity contribution in [2.45, 2.75) is 46.2 Å². The number of nitrogens with one attached hydrogen (secondary N) is 1. The summed E-state index contributed by atoms with van der Waals surface area (Å²) in [6.45, 7) is 12.9. The van der Waals surface area contributed by atoms with E-state index >= 15 is 0 Å². The van der Waals surface area contributed by atoms with E-state index in [1.54, 1.807) is 11.3 Å². The number of hydrogen-bond acceptors (Lipinski definition) is 5. The highest BCUT2D eigenvalue weighted by molar-refractivity contribution is 7.16. The number of aryl methyl sites for hydroxylation is 1. The maximum absolute atomic E-state index is 4.79. The summed E-state index contributed by atoms with van der Waals surface area (Å²) in [7, 11) is 0. The SMILES string of the molecule is Cc1nn2c(CN3CCN[C@H](C)C3)c(C(C)C)nc2s1.Cl. The van der Waals surface area contributed by atoms with E-state index in [0.29, 0.717) is 12.0 Å². The van der Waals surface area contributed by atoms with Crippen LogP contribution < -0.4 is 5.32 Å². The number of nitrogens with zero attached hydrogens (tertiary/aromatic N) is 4. The van der Waals surface area contributed by atoms with Gasteiger partial charge in [-0.2, -0.15) is 5.10 Å². The molecule has 1 N–H and O–H groups in total. The van der Waals surface area contributed by atoms with E-state index in [2.05, 4.69) is 40.6 Å². The van der Waals surface area contributed by atoms with Crippen molar-refractivity contribution in [2.24, 2.45) is 0 Å². The minimum Gasteiger partial charge on any atom is -0.312 e. The summed E-state index contributed by atoms with van der Waals surface area (Å²) in [5.41, 5.74) is 2.48. The van der Waals surface area contributed by atoms with Crippen LogP contribution >= 0.6 is 23.7 Å². The second kappa shape index (κ2) is 6.60. The first-order valence-corrected chi connectivity index (χ1v) is 8.17.